The van der Waals surface area contributed by atoms with E-state index in [1.165, 1.54) is 18.2 Å². The first-order valence-corrected chi connectivity index (χ1v) is 10.3. The zero-order chi connectivity index (χ0) is 20.9. The van der Waals surface area contributed by atoms with Crippen molar-refractivity contribution in [2.24, 2.45) is 16.8 Å². The van der Waals surface area contributed by atoms with Crippen LogP contribution in [0.4, 0.5) is 8.78 Å². The van der Waals surface area contributed by atoms with E-state index in [9.17, 15) is 13.9 Å². The van der Waals surface area contributed by atoms with Crippen molar-refractivity contribution in [1.29, 1.82) is 0 Å². The van der Waals surface area contributed by atoms with Crippen molar-refractivity contribution in [3.63, 3.8) is 0 Å². The minimum absolute atomic E-state index is 0.0286. The van der Waals surface area contributed by atoms with E-state index in [0.717, 1.165) is 41.8 Å². The molecule has 0 saturated carbocycles. The molecule has 1 unspecified atom stereocenters. The summed E-state index contributed by atoms with van der Waals surface area (Å²) in [4.78, 5) is 4.76. The minimum Gasteiger partial charge on any atom is -0.487 e. The molecule has 1 aromatic rings. The van der Waals surface area contributed by atoms with Gasteiger partial charge in [-0.3, -0.25) is 4.99 Å². The Kier molecular flexibility index (Phi) is 6.38. The van der Waals surface area contributed by atoms with Crippen LogP contribution in [0.1, 0.15) is 25.7 Å². The smallest absolute Gasteiger partial charge is 0.130 e. The van der Waals surface area contributed by atoms with Gasteiger partial charge in [0.1, 0.15) is 24.0 Å². The summed E-state index contributed by atoms with van der Waals surface area (Å²) in [5.74, 6) is 0.367. The van der Waals surface area contributed by atoms with Crippen LogP contribution >= 0.6 is 0 Å². The van der Waals surface area contributed by atoms with Gasteiger partial charge in [0.15, 0.2) is 0 Å². The van der Waals surface area contributed by atoms with E-state index in [-0.39, 0.29) is 30.1 Å². The van der Waals surface area contributed by atoms with Crippen LogP contribution < -0.4 is 4.74 Å². The molecule has 2 atom stereocenters. The molecule has 0 spiro atoms. The van der Waals surface area contributed by atoms with E-state index >= 15 is 0 Å². The highest BCUT2D eigenvalue weighted by atomic mass is 19.1. The van der Waals surface area contributed by atoms with E-state index in [4.69, 9.17) is 9.73 Å². The summed E-state index contributed by atoms with van der Waals surface area (Å²) in [5.41, 5.74) is 3.87. The SMILES string of the molecule is OCC1=CC(F)=CCC1C1=C/CC[C@H]2C=C(COc3ccc(F)cc3)N=C2C\C=C\1. The molecule has 4 rings (SSSR count). The highest BCUT2D eigenvalue weighted by Gasteiger charge is 2.23. The van der Waals surface area contributed by atoms with Crippen molar-refractivity contribution in [2.45, 2.75) is 25.7 Å². The molecular formula is C25H25F2NO2. The predicted octanol–water partition coefficient (Wildman–Crippen LogP) is 5.62. The second kappa shape index (κ2) is 9.35. The van der Waals surface area contributed by atoms with Gasteiger partial charge in [-0.15, -0.1) is 0 Å². The fourth-order valence-corrected chi connectivity index (χ4v) is 4.14. The van der Waals surface area contributed by atoms with Crippen LogP contribution in [0.25, 0.3) is 0 Å². The Labute approximate surface area is 175 Å². The predicted molar refractivity (Wildman–Crippen MR) is 114 cm³/mol. The van der Waals surface area contributed by atoms with Crippen LogP contribution in [0.5, 0.6) is 5.75 Å². The Morgan fingerprint density at radius 2 is 1.97 bits per heavy atom. The number of hydrogen-bond acceptors (Lipinski definition) is 3. The van der Waals surface area contributed by atoms with Crippen LogP contribution in [0.3, 0.4) is 0 Å². The quantitative estimate of drug-likeness (QED) is 0.686. The van der Waals surface area contributed by atoms with Gasteiger partial charge in [-0.1, -0.05) is 24.3 Å². The lowest BCUT2D eigenvalue weighted by molar-refractivity contribution is 0.316. The number of aliphatic hydroxyl groups is 1. The van der Waals surface area contributed by atoms with Gasteiger partial charge in [0, 0.05) is 24.0 Å². The lowest BCUT2D eigenvalue weighted by atomic mass is 9.84. The largest absolute Gasteiger partial charge is 0.487 e. The highest BCUT2D eigenvalue weighted by molar-refractivity contribution is 5.92. The van der Waals surface area contributed by atoms with Crippen LogP contribution in [-0.4, -0.2) is 24.0 Å². The molecule has 1 heterocycles. The molecule has 0 aromatic heterocycles. The molecule has 2 aliphatic carbocycles. The fraction of sp³-hybridized carbons (Fsp3) is 0.320. The van der Waals surface area contributed by atoms with Gasteiger partial charge in [-0.25, -0.2) is 8.78 Å². The van der Waals surface area contributed by atoms with E-state index in [0.29, 0.717) is 18.8 Å². The number of benzene rings is 1. The summed E-state index contributed by atoms with van der Waals surface area (Å²) >= 11 is 0. The molecule has 0 amide bonds. The molecule has 3 aliphatic rings. The number of ether oxygens (including phenoxy) is 1. The molecule has 5 heteroatoms. The first-order chi connectivity index (χ1) is 14.6. The van der Waals surface area contributed by atoms with Gasteiger partial charge in [-0.05, 0) is 66.8 Å². The molecule has 1 aliphatic heterocycles. The molecule has 3 nitrogen and oxygen atoms in total. The Morgan fingerprint density at radius 1 is 1.13 bits per heavy atom. The van der Waals surface area contributed by atoms with Gasteiger partial charge >= 0.3 is 0 Å². The molecule has 1 N–H and O–H groups in total. The van der Waals surface area contributed by atoms with Crippen LogP contribution in [0.15, 0.2) is 88.4 Å². The summed E-state index contributed by atoms with van der Waals surface area (Å²) in [6.45, 7) is 0.230. The van der Waals surface area contributed by atoms with Gasteiger partial charge in [0.05, 0.1) is 12.3 Å². The van der Waals surface area contributed by atoms with E-state index in [2.05, 4.69) is 24.3 Å². The second-order valence-corrected chi connectivity index (χ2v) is 7.75. The van der Waals surface area contributed by atoms with Crippen LogP contribution in [0.2, 0.25) is 0 Å². The molecule has 30 heavy (non-hydrogen) atoms. The van der Waals surface area contributed by atoms with E-state index in [1.54, 1.807) is 18.2 Å². The third-order valence-electron chi connectivity index (χ3n) is 5.71. The van der Waals surface area contributed by atoms with E-state index in [1.807, 2.05) is 0 Å². The lowest BCUT2D eigenvalue weighted by Gasteiger charge is -2.22. The van der Waals surface area contributed by atoms with Crippen LogP contribution in [-0.2, 0) is 0 Å². The number of aliphatic hydroxyl groups excluding tert-OH is 1. The van der Waals surface area contributed by atoms with Crippen molar-refractivity contribution >= 4 is 5.71 Å². The summed E-state index contributed by atoms with van der Waals surface area (Å²) in [6, 6.07) is 5.98. The zero-order valence-corrected chi connectivity index (χ0v) is 16.7. The Balaban J connectivity index is 1.40. The first kappa shape index (κ1) is 20.5. The fourth-order valence-electron chi connectivity index (χ4n) is 4.14. The molecule has 156 valence electrons. The first-order valence-electron chi connectivity index (χ1n) is 10.3. The normalized spacial score (nSPS) is 26.6. The standard InChI is InChI=1S/C25H25F2NO2/c26-20-7-10-23(11-8-20)30-16-22-14-18-5-1-3-17(4-2-6-25(18)28-22)24-12-9-21(27)13-19(24)15-29/h2-4,7-11,13-14,18,24,29H,1,5-6,12,15-16H2/b4-2+,17-3+/t18-,24?/m0/s1. The molecule has 0 saturated heterocycles. The van der Waals surface area contributed by atoms with Gasteiger partial charge < -0.3 is 9.84 Å². The number of halogens is 2. The second-order valence-electron chi connectivity index (χ2n) is 7.75. The van der Waals surface area contributed by atoms with Gasteiger partial charge in [-0.2, -0.15) is 0 Å². The monoisotopic (exact) mass is 409 g/mol. The Morgan fingerprint density at radius 3 is 2.77 bits per heavy atom. The maximum absolute atomic E-state index is 13.5. The number of fused-ring (bicyclic) bond motifs is 1. The van der Waals surface area contributed by atoms with Gasteiger partial charge in [0.25, 0.3) is 0 Å². The van der Waals surface area contributed by atoms with Crippen molar-refractivity contribution in [3.05, 3.63) is 89.2 Å². The van der Waals surface area contributed by atoms with Crippen molar-refractivity contribution < 1.29 is 18.6 Å². The van der Waals surface area contributed by atoms with Crippen LogP contribution in [0, 0.1) is 17.7 Å². The van der Waals surface area contributed by atoms with Crippen molar-refractivity contribution in [2.75, 3.05) is 13.2 Å². The summed E-state index contributed by atoms with van der Waals surface area (Å²) < 4.78 is 32.3. The van der Waals surface area contributed by atoms with Crippen molar-refractivity contribution in [3.8, 4) is 5.75 Å². The minimum atomic E-state index is -0.285. The maximum Gasteiger partial charge on any atom is 0.130 e. The highest BCUT2D eigenvalue weighted by Crippen LogP contribution is 2.33. The third kappa shape index (κ3) is 4.85. The van der Waals surface area contributed by atoms with Gasteiger partial charge in [0.2, 0.25) is 0 Å². The third-order valence-corrected chi connectivity index (χ3v) is 5.71. The topological polar surface area (TPSA) is 41.8 Å². The Hall–Kier alpha value is -2.79. The summed E-state index contributed by atoms with van der Waals surface area (Å²) in [6.07, 6.45) is 14.7. The number of hydrogen-bond donors (Lipinski definition) is 1. The number of aliphatic imine (C=N–C) groups is 1. The zero-order valence-electron chi connectivity index (χ0n) is 16.7. The lowest BCUT2D eigenvalue weighted by Crippen LogP contribution is -2.12. The molecule has 0 fully saturated rings. The number of rotatable bonds is 5. The molecular weight excluding hydrogens is 384 g/mol. The summed E-state index contributed by atoms with van der Waals surface area (Å²) in [5, 5.41) is 9.63. The molecule has 1 aromatic carbocycles. The van der Waals surface area contributed by atoms with Crippen molar-refractivity contribution in [1.82, 2.24) is 0 Å². The van der Waals surface area contributed by atoms with E-state index < -0.39 is 0 Å². The average molecular weight is 409 g/mol. The number of allylic oxidation sites excluding steroid dienone is 8. The molecule has 0 bridgehead atoms. The average Bonchev–Trinajstić information content (AvgIpc) is 3.16. The number of nitrogens with zero attached hydrogens (tertiary/aromatic N) is 1. The maximum atomic E-state index is 13.5. The summed E-state index contributed by atoms with van der Waals surface area (Å²) in [7, 11) is 0. The molecule has 0 radical (unpaired) electrons. The Bertz CT molecular complexity index is 967.